The minimum absolute atomic E-state index is 0. The molecule has 3 saturated carbocycles. The van der Waals surface area contributed by atoms with Crippen molar-refractivity contribution >= 4 is 58.4 Å². The molecule has 0 nitrogen and oxygen atoms in total. The zero-order valence-corrected chi connectivity index (χ0v) is 9.03. The molecule has 0 heterocycles. The smallest absolute Gasteiger partial charge is 0.449 e. The summed E-state index contributed by atoms with van der Waals surface area (Å²) in [5.74, 6) is 0.438. The standard InChI is InChI=1S/C5H7BF3.K/c7-6(8,9)5-1-4(2-5)3-5;/h4H,1-3H2;/q-1;. The second-order valence-corrected chi connectivity index (χ2v) is 3.42. The van der Waals surface area contributed by atoms with Gasteiger partial charge in [0, 0.05) is 51.4 Å². The van der Waals surface area contributed by atoms with Crippen LogP contribution in [0.25, 0.3) is 0 Å². The molecule has 0 atom stereocenters. The van der Waals surface area contributed by atoms with Crippen LogP contribution in [-0.2, 0) is 0 Å². The average molecular weight is 174 g/mol. The third-order valence-electron chi connectivity index (χ3n) is 2.78. The van der Waals surface area contributed by atoms with Gasteiger partial charge >= 0.3 is 6.98 Å². The average Bonchev–Trinajstić information content (AvgIpc) is 1.08. The first kappa shape index (κ1) is 9.58. The van der Waals surface area contributed by atoms with Gasteiger partial charge in [-0.3, -0.25) is 0 Å². The van der Waals surface area contributed by atoms with Gasteiger partial charge in [-0.05, 0) is 5.92 Å². The van der Waals surface area contributed by atoms with Crippen molar-refractivity contribution in [3.8, 4) is 0 Å². The molecule has 5 heteroatoms. The Hall–Kier alpha value is 1.49. The van der Waals surface area contributed by atoms with E-state index < -0.39 is 12.3 Å². The van der Waals surface area contributed by atoms with Crippen LogP contribution in [0.1, 0.15) is 19.3 Å². The maximum absolute atomic E-state index is 12.0. The van der Waals surface area contributed by atoms with Gasteiger partial charge in [0.1, 0.15) is 0 Å². The van der Waals surface area contributed by atoms with E-state index in [0.29, 0.717) is 25.2 Å². The number of hydrogen-bond acceptors (Lipinski definition) is 0. The molecule has 3 aliphatic carbocycles. The van der Waals surface area contributed by atoms with Crippen molar-refractivity contribution < 1.29 is 12.9 Å². The summed E-state index contributed by atoms with van der Waals surface area (Å²) >= 11 is 0. The minimum atomic E-state index is -4.50. The quantitative estimate of drug-likeness (QED) is 0.533. The summed E-state index contributed by atoms with van der Waals surface area (Å²) in [6.07, 6.45) is 1.32. The van der Waals surface area contributed by atoms with Gasteiger partial charge in [-0.25, -0.2) is 0 Å². The normalized spacial score (nSPS) is 42.9. The van der Waals surface area contributed by atoms with E-state index in [1.165, 1.54) is 0 Å². The van der Waals surface area contributed by atoms with Gasteiger partial charge in [-0.15, -0.1) is 0 Å². The van der Waals surface area contributed by atoms with Crippen LogP contribution in [-0.4, -0.2) is 58.4 Å². The molecule has 3 rings (SSSR count). The Kier molecular flexibility index (Phi) is 2.38. The largest absolute Gasteiger partial charge is 0.484 e. The van der Waals surface area contributed by atoms with E-state index in [4.69, 9.17) is 0 Å². The molecule has 0 spiro atoms. The zero-order chi connectivity index (χ0) is 6.70. The molecule has 10 heavy (non-hydrogen) atoms. The molecule has 0 aromatic rings. The summed E-state index contributed by atoms with van der Waals surface area (Å²) in [7, 11) is 0. The van der Waals surface area contributed by atoms with Crippen molar-refractivity contribution in [3.05, 3.63) is 0 Å². The van der Waals surface area contributed by atoms with Gasteiger partial charge < -0.3 is 12.9 Å². The molecule has 53 valence electrons. The van der Waals surface area contributed by atoms with E-state index in [-0.39, 0.29) is 51.4 Å². The van der Waals surface area contributed by atoms with Crippen molar-refractivity contribution in [2.24, 2.45) is 5.92 Å². The van der Waals surface area contributed by atoms with Crippen molar-refractivity contribution in [2.75, 3.05) is 0 Å². The first-order valence-corrected chi connectivity index (χ1v) is 3.23. The summed E-state index contributed by atoms with van der Waals surface area (Å²) < 4.78 is 36.0. The molecule has 3 aliphatic rings. The Morgan fingerprint density at radius 3 is 1.50 bits per heavy atom. The molecular formula is C5H7BF3K-. The van der Waals surface area contributed by atoms with E-state index >= 15 is 0 Å². The number of halogens is 3. The van der Waals surface area contributed by atoms with E-state index in [2.05, 4.69) is 0 Å². The molecular weight excluding hydrogens is 167 g/mol. The van der Waals surface area contributed by atoms with Crippen LogP contribution in [0.4, 0.5) is 12.9 Å². The van der Waals surface area contributed by atoms with Crippen LogP contribution < -0.4 is 0 Å². The van der Waals surface area contributed by atoms with Crippen LogP contribution in [0, 0.1) is 5.92 Å². The van der Waals surface area contributed by atoms with E-state index in [0.717, 1.165) is 0 Å². The van der Waals surface area contributed by atoms with Crippen LogP contribution >= 0.6 is 0 Å². The predicted octanol–water partition coefficient (Wildman–Crippen LogP) is 2.01. The third kappa shape index (κ3) is 1.05. The Morgan fingerprint density at radius 2 is 1.50 bits per heavy atom. The van der Waals surface area contributed by atoms with Crippen molar-refractivity contribution in [1.82, 2.24) is 0 Å². The number of rotatable bonds is 1. The third-order valence-corrected chi connectivity index (χ3v) is 2.78. The van der Waals surface area contributed by atoms with Gasteiger partial charge in [0.15, 0.2) is 0 Å². The summed E-state index contributed by atoms with van der Waals surface area (Å²) in [5.41, 5.74) is 0. The van der Waals surface area contributed by atoms with Crippen molar-refractivity contribution in [2.45, 2.75) is 24.6 Å². The van der Waals surface area contributed by atoms with Crippen LogP contribution in [0.5, 0.6) is 0 Å². The van der Waals surface area contributed by atoms with Crippen LogP contribution in [0.15, 0.2) is 0 Å². The van der Waals surface area contributed by atoms with E-state index in [1.807, 2.05) is 0 Å². The molecule has 0 unspecified atom stereocenters. The van der Waals surface area contributed by atoms with E-state index in [1.54, 1.807) is 0 Å². The van der Waals surface area contributed by atoms with Crippen molar-refractivity contribution in [3.63, 3.8) is 0 Å². The Bertz CT molecular complexity index is 138. The van der Waals surface area contributed by atoms with Gasteiger partial charge in [0.2, 0.25) is 0 Å². The Balaban J connectivity index is 0.000000500. The molecule has 2 bridgehead atoms. The topological polar surface area (TPSA) is 0 Å². The number of hydrogen-bond donors (Lipinski definition) is 0. The second-order valence-electron chi connectivity index (χ2n) is 3.42. The summed E-state index contributed by atoms with van der Waals surface area (Å²) in [4.78, 5) is 0. The summed E-state index contributed by atoms with van der Waals surface area (Å²) in [6, 6.07) is 0. The zero-order valence-electron chi connectivity index (χ0n) is 5.91. The van der Waals surface area contributed by atoms with Crippen LogP contribution in [0.3, 0.4) is 0 Å². The van der Waals surface area contributed by atoms with Gasteiger partial charge in [0.25, 0.3) is 0 Å². The molecule has 0 aliphatic heterocycles. The first-order valence-electron chi connectivity index (χ1n) is 3.23. The summed E-state index contributed by atoms with van der Waals surface area (Å²) in [5, 5.41) is -1.13. The minimum Gasteiger partial charge on any atom is -0.449 e. The second kappa shape index (κ2) is 2.49. The maximum Gasteiger partial charge on any atom is 0.484 e. The van der Waals surface area contributed by atoms with Crippen molar-refractivity contribution in [1.29, 1.82) is 0 Å². The Labute approximate surface area is 100 Å². The molecule has 0 N–H and O–H groups in total. The Morgan fingerprint density at radius 1 is 1.10 bits per heavy atom. The molecule has 0 amide bonds. The SMILES string of the molecule is F[B-](F)(F)C12CC(C1)C2.[K]. The fourth-order valence-corrected chi connectivity index (χ4v) is 1.95. The fraction of sp³-hybridized carbons (Fsp3) is 1.00. The molecule has 3 fully saturated rings. The monoisotopic (exact) mass is 174 g/mol. The molecule has 1 radical (unpaired) electrons. The maximum atomic E-state index is 12.0. The fourth-order valence-electron chi connectivity index (χ4n) is 1.95. The van der Waals surface area contributed by atoms with Crippen LogP contribution in [0.2, 0.25) is 5.31 Å². The molecule has 0 saturated heterocycles. The molecule has 0 aromatic heterocycles. The van der Waals surface area contributed by atoms with Gasteiger partial charge in [0.05, 0.1) is 0 Å². The predicted molar refractivity (Wildman–Crippen MR) is 34.9 cm³/mol. The first-order chi connectivity index (χ1) is 4.04. The van der Waals surface area contributed by atoms with E-state index in [9.17, 15) is 12.9 Å². The van der Waals surface area contributed by atoms with Gasteiger partial charge in [-0.2, -0.15) is 0 Å². The molecule has 0 aromatic carbocycles. The summed E-state index contributed by atoms with van der Waals surface area (Å²) in [6.45, 7) is -4.50. The van der Waals surface area contributed by atoms with Gasteiger partial charge in [-0.1, -0.05) is 24.6 Å².